The van der Waals surface area contributed by atoms with E-state index in [1.165, 1.54) is 11.8 Å². The summed E-state index contributed by atoms with van der Waals surface area (Å²) in [5.74, 6) is 0. The molecular weight excluding hydrogens is 196 g/mol. The van der Waals surface area contributed by atoms with E-state index in [2.05, 4.69) is 0 Å². The monoisotopic (exact) mass is 210 g/mol. The number of hydrogen-bond donors (Lipinski definition) is 1. The largest absolute Gasteiger partial charge is 0.399 e. The lowest BCUT2D eigenvalue weighted by atomic mass is 10.2. The Labute approximate surface area is 88.3 Å². The highest BCUT2D eigenvalue weighted by molar-refractivity contribution is 8.13. The van der Waals surface area contributed by atoms with Gasteiger partial charge in [0.25, 0.3) is 5.24 Å². The molecule has 3 nitrogen and oxygen atoms in total. The molecule has 0 aliphatic heterocycles. The minimum atomic E-state index is 0.0224. The molecule has 0 spiro atoms. The average molecular weight is 210 g/mol. The molecule has 0 heterocycles. The highest BCUT2D eigenvalue weighted by atomic mass is 32.2. The van der Waals surface area contributed by atoms with Crippen molar-refractivity contribution in [1.82, 2.24) is 4.90 Å². The van der Waals surface area contributed by atoms with E-state index >= 15 is 0 Å². The van der Waals surface area contributed by atoms with Crippen LogP contribution in [0.5, 0.6) is 0 Å². The van der Waals surface area contributed by atoms with Crippen molar-refractivity contribution in [3.05, 3.63) is 23.8 Å². The molecule has 1 rings (SSSR count). The number of nitrogen functional groups attached to an aromatic ring is 1. The Bertz CT molecular complexity index is 350. The SMILES string of the molecule is Cc1cc(SC(=O)N(C)C)ccc1N. The summed E-state index contributed by atoms with van der Waals surface area (Å²) in [6.45, 7) is 1.93. The quantitative estimate of drug-likeness (QED) is 0.571. The van der Waals surface area contributed by atoms with Crippen molar-refractivity contribution < 1.29 is 4.79 Å². The maximum atomic E-state index is 11.4. The van der Waals surface area contributed by atoms with Gasteiger partial charge in [-0.1, -0.05) is 0 Å². The number of hydrogen-bond acceptors (Lipinski definition) is 3. The molecule has 0 saturated heterocycles. The van der Waals surface area contributed by atoms with Crippen molar-refractivity contribution in [2.75, 3.05) is 19.8 Å². The summed E-state index contributed by atoms with van der Waals surface area (Å²) in [5, 5.41) is 0.0224. The molecule has 0 aromatic heterocycles. The van der Waals surface area contributed by atoms with Gasteiger partial charge in [0.1, 0.15) is 0 Å². The van der Waals surface area contributed by atoms with Crippen LogP contribution in [-0.2, 0) is 0 Å². The first-order valence-corrected chi connectivity index (χ1v) is 5.07. The number of benzene rings is 1. The van der Waals surface area contributed by atoms with Crippen LogP contribution in [0.25, 0.3) is 0 Å². The Balaban J connectivity index is 2.78. The molecule has 0 bridgehead atoms. The molecule has 0 fully saturated rings. The van der Waals surface area contributed by atoms with Gasteiger partial charge in [-0.25, -0.2) is 0 Å². The molecule has 1 aromatic carbocycles. The summed E-state index contributed by atoms with van der Waals surface area (Å²) >= 11 is 1.21. The van der Waals surface area contributed by atoms with Gasteiger partial charge in [-0.3, -0.25) is 4.79 Å². The number of carbonyl (C=O) groups excluding carboxylic acids is 1. The van der Waals surface area contributed by atoms with Gasteiger partial charge in [0.05, 0.1) is 0 Å². The van der Waals surface area contributed by atoms with Crippen LogP contribution in [0, 0.1) is 6.92 Å². The van der Waals surface area contributed by atoms with Gasteiger partial charge >= 0.3 is 0 Å². The van der Waals surface area contributed by atoms with Crippen LogP contribution in [-0.4, -0.2) is 24.2 Å². The number of carbonyl (C=O) groups is 1. The topological polar surface area (TPSA) is 46.3 Å². The standard InChI is InChI=1S/C10H14N2OS/c1-7-6-8(4-5-9(7)11)14-10(13)12(2)3/h4-6H,11H2,1-3H3. The highest BCUT2D eigenvalue weighted by Crippen LogP contribution is 2.23. The maximum absolute atomic E-state index is 11.4. The Morgan fingerprint density at radius 2 is 2.07 bits per heavy atom. The minimum absolute atomic E-state index is 0.0224. The summed E-state index contributed by atoms with van der Waals surface area (Å²) < 4.78 is 0. The van der Waals surface area contributed by atoms with Crippen LogP contribution < -0.4 is 5.73 Å². The van der Waals surface area contributed by atoms with E-state index in [9.17, 15) is 4.79 Å². The lowest BCUT2D eigenvalue weighted by molar-refractivity contribution is 0.241. The fourth-order valence-corrected chi connectivity index (χ4v) is 1.66. The number of aryl methyl sites for hydroxylation is 1. The third-order valence-electron chi connectivity index (χ3n) is 1.81. The molecule has 1 amide bonds. The van der Waals surface area contributed by atoms with E-state index in [1.807, 2.05) is 25.1 Å². The smallest absolute Gasteiger partial charge is 0.285 e. The second-order valence-electron chi connectivity index (χ2n) is 3.28. The van der Waals surface area contributed by atoms with E-state index in [-0.39, 0.29) is 5.24 Å². The predicted octanol–water partition coefficient (Wildman–Crippen LogP) is 2.35. The van der Waals surface area contributed by atoms with Crippen LogP contribution in [0.3, 0.4) is 0 Å². The van der Waals surface area contributed by atoms with Crippen molar-refractivity contribution in [2.24, 2.45) is 0 Å². The molecule has 0 atom stereocenters. The summed E-state index contributed by atoms with van der Waals surface area (Å²) in [7, 11) is 3.47. The van der Waals surface area contributed by atoms with Gasteiger partial charge in [0, 0.05) is 24.7 Å². The highest BCUT2D eigenvalue weighted by Gasteiger charge is 2.06. The second-order valence-corrected chi connectivity index (χ2v) is 4.31. The van der Waals surface area contributed by atoms with E-state index in [1.54, 1.807) is 19.0 Å². The van der Waals surface area contributed by atoms with Crippen LogP contribution >= 0.6 is 11.8 Å². The Hall–Kier alpha value is -1.16. The summed E-state index contributed by atoms with van der Waals surface area (Å²) in [6, 6.07) is 5.59. The van der Waals surface area contributed by atoms with E-state index in [0.717, 1.165) is 16.1 Å². The number of anilines is 1. The first-order chi connectivity index (χ1) is 6.50. The van der Waals surface area contributed by atoms with Crippen LogP contribution in [0.15, 0.2) is 23.1 Å². The predicted molar refractivity (Wildman–Crippen MR) is 60.5 cm³/mol. The van der Waals surface area contributed by atoms with E-state index in [4.69, 9.17) is 5.73 Å². The first-order valence-electron chi connectivity index (χ1n) is 4.26. The molecule has 0 saturated carbocycles. The van der Waals surface area contributed by atoms with Crippen LogP contribution in [0.2, 0.25) is 0 Å². The van der Waals surface area contributed by atoms with Crippen molar-refractivity contribution in [2.45, 2.75) is 11.8 Å². The van der Waals surface area contributed by atoms with Gasteiger partial charge in [0.15, 0.2) is 0 Å². The van der Waals surface area contributed by atoms with E-state index in [0.29, 0.717) is 0 Å². The van der Waals surface area contributed by atoms with Crippen molar-refractivity contribution in [1.29, 1.82) is 0 Å². The molecule has 4 heteroatoms. The average Bonchev–Trinajstić information content (AvgIpc) is 2.11. The normalized spacial score (nSPS) is 9.93. The zero-order valence-corrected chi connectivity index (χ0v) is 9.39. The van der Waals surface area contributed by atoms with Gasteiger partial charge in [0.2, 0.25) is 0 Å². The molecule has 0 radical (unpaired) electrons. The van der Waals surface area contributed by atoms with Crippen molar-refractivity contribution >= 4 is 22.7 Å². The Kier molecular flexibility index (Phi) is 3.41. The third-order valence-corrected chi connectivity index (χ3v) is 2.84. The minimum Gasteiger partial charge on any atom is -0.399 e. The molecule has 14 heavy (non-hydrogen) atoms. The summed E-state index contributed by atoms with van der Waals surface area (Å²) in [5.41, 5.74) is 7.43. The lowest BCUT2D eigenvalue weighted by Crippen LogP contribution is -2.16. The number of rotatable bonds is 1. The fraction of sp³-hybridized carbons (Fsp3) is 0.300. The third kappa shape index (κ3) is 2.67. The maximum Gasteiger partial charge on any atom is 0.285 e. The molecule has 2 N–H and O–H groups in total. The van der Waals surface area contributed by atoms with Crippen molar-refractivity contribution in [3.8, 4) is 0 Å². The summed E-state index contributed by atoms with van der Waals surface area (Å²) in [4.78, 5) is 13.8. The fourth-order valence-electron chi connectivity index (χ4n) is 0.904. The van der Waals surface area contributed by atoms with Gasteiger partial charge in [-0.2, -0.15) is 0 Å². The Morgan fingerprint density at radius 3 is 2.57 bits per heavy atom. The Morgan fingerprint density at radius 1 is 1.43 bits per heavy atom. The first kappa shape index (κ1) is 10.9. The number of nitrogens with two attached hydrogens (primary N) is 1. The molecule has 0 unspecified atom stereocenters. The second kappa shape index (κ2) is 4.37. The lowest BCUT2D eigenvalue weighted by Gasteiger charge is -2.09. The summed E-state index contributed by atoms with van der Waals surface area (Å²) in [6.07, 6.45) is 0. The molecule has 1 aromatic rings. The molecule has 0 aliphatic rings. The molecule has 76 valence electrons. The zero-order valence-electron chi connectivity index (χ0n) is 8.57. The van der Waals surface area contributed by atoms with Crippen LogP contribution in [0.4, 0.5) is 10.5 Å². The van der Waals surface area contributed by atoms with Gasteiger partial charge in [-0.05, 0) is 42.4 Å². The van der Waals surface area contributed by atoms with Gasteiger partial charge in [-0.15, -0.1) is 0 Å². The number of nitrogens with zero attached hydrogens (tertiary/aromatic N) is 1. The number of amides is 1. The van der Waals surface area contributed by atoms with Crippen molar-refractivity contribution in [3.63, 3.8) is 0 Å². The van der Waals surface area contributed by atoms with Gasteiger partial charge < -0.3 is 10.6 Å². The van der Waals surface area contributed by atoms with Crippen LogP contribution in [0.1, 0.15) is 5.56 Å². The zero-order chi connectivity index (χ0) is 10.7. The molecule has 0 aliphatic carbocycles. The molecular formula is C10H14N2OS. The van der Waals surface area contributed by atoms with E-state index < -0.39 is 0 Å². The number of thioether (sulfide) groups is 1.